The minimum absolute atomic E-state index is 0.183. The van der Waals surface area contributed by atoms with Crippen LogP contribution < -0.4 is 5.73 Å². The third kappa shape index (κ3) is 1.91. The van der Waals surface area contributed by atoms with E-state index in [1.54, 1.807) is 0 Å². The molecular weight excluding hydrogens is 184 g/mol. The van der Waals surface area contributed by atoms with Gasteiger partial charge in [-0.1, -0.05) is 12.8 Å². The van der Waals surface area contributed by atoms with Crippen LogP contribution in [0.2, 0.25) is 0 Å². The zero-order valence-corrected chi connectivity index (χ0v) is 9.54. The number of terminal acetylenes is 1. The summed E-state index contributed by atoms with van der Waals surface area (Å²) in [6.07, 6.45) is 14.0. The Hall–Kier alpha value is -0.520. The number of rotatable bonds is 3. The van der Waals surface area contributed by atoms with Crippen molar-refractivity contribution in [2.24, 2.45) is 5.73 Å². The molecule has 2 rings (SSSR count). The summed E-state index contributed by atoms with van der Waals surface area (Å²) in [6.45, 7) is 2.47. The van der Waals surface area contributed by atoms with Crippen LogP contribution in [-0.2, 0) is 0 Å². The van der Waals surface area contributed by atoms with Crippen molar-refractivity contribution in [2.45, 2.75) is 56.5 Å². The maximum atomic E-state index is 6.32. The zero-order valence-electron chi connectivity index (χ0n) is 9.54. The van der Waals surface area contributed by atoms with E-state index >= 15 is 0 Å². The summed E-state index contributed by atoms with van der Waals surface area (Å²) in [7, 11) is 0. The summed E-state index contributed by atoms with van der Waals surface area (Å²) in [5.74, 6) is 2.74. The fourth-order valence-corrected chi connectivity index (χ4v) is 3.39. The molecule has 2 heteroatoms. The Balaban J connectivity index is 2.12. The minimum atomic E-state index is 0.183. The largest absolute Gasteiger partial charge is 0.325 e. The van der Waals surface area contributed by atoms with Crippen molar-refractivity contribution in [3.8, 4) is 12.3 Å². The number of likely N-dealkylation sites (tertiary alicyclic amines) is 1. The van der Waals surface area contributed by atoms with Crippen LogP contribution in [0.5, 0.6) is 0 Å². The Morgan fingerprint density at radius 2 is 1.80 bits per heavy atom. The zero-order chi connectivity index (χ0) is 10.7. The second-order valence-corrected chi connectivity index (χ2v) is 5.02. The van der Waals surface area contributed by atoms with Gasteiger partial charge in [0.05, 0.1) is 0 Å². The van der Waals surface area contributed by atoms with Gasteiger partial charge in [0.25, 0.3) is 0 Å². The van der Waals surface area contributed by atoms with Gasteiger partial charge in [-0.15, -0.1) is 12.3 Å². The van der Waals surface area contributed by atoms with Gasteiger partial charge in [0, 0.05) is 18.0 Å². The lowest BCUT2D eigenvalue weighted by Crippen LogP contribution is -2.57. The van der Waals surface area contributed by atoms with E-state index in [9.17, 15) is 0 Å². The monoisotopic (exact) mass is 206 g/mol. The molecule has 1 saturated heterocycles. The van der Waals surface area contributed by atoms with Crippen LogP contribution in [0.3, 0.4) is 0 Å². The molecular formula is C13H22N2. The van der Waals surface area contributed by atoms with Crippen molar-refractivity contribution in [1.82, 2.24) is 4.90 Å². The molecule has 0 amide bonds. The molecule has 1 saturated carbocycles. The molecule has 1 unspecified atom stereocenters. The third-order valence-electron chi connectivity index (χ3n) is 4.23. The molecule has 2 N–H and O–H groups in total. The second-order valence-electron chi connectivity index (χ2n) is 5.02. The number of hydrogen-bond donors (Lipinski definition) is 1. The van der Waals surface area contributed by atoms with Gasteiger partial charge in [0.1, 0.15) is 0 Å². The summed E-state index contributed by atoms with van der Waals surface area (Å²) in [5.41, 5.74) is 6.57. The Labute approximate surface area is 93.2 Å². The van der Waals surface area contributed by atoms with E-state index in [0.29, 0.717) is 0 Å². The Bertz CT molecular complexity index is 242. The van der Waals surface area contributed by atoms with Gasteiger partial charge in [0.15, 0.2) is 0 Å². The first-order chi connectivity index (χ1) is 7.29. The molecule has 1 atom stereocenters. The van der Waals surface area contributed by atoms with Crippen LogP contribution in [0.25, 0.3) is 0 Å². The van der Waals surface area contributed by atoms with Crippen LogP contribution in [-0.4, -0.2) is 29.6 Å². The number of nitrogens with two attached hydrogens (primary N) is 1. The van der Waals surface area contributed by atoms with Crippen LogP contribution in [0.15, 0.2) is 0 Å². The smallest absolute Gasteiger partial charge is 0.0369 e. The molecule has 0 aromatic heterocycles. The van der Waals surface area contributed by atoms with Gasteiger partial charge >= 0.3 is 0 Å². The standard InChI is InChI=1S/C13H22N2/c1-2-7-12(14)13(8-3-4-9-13)15-10-5-6-11-15/h1,12H,3-11,14H2. The van der Waals surface area contributed by atoms with Crippen LogP contribution in [0.1, 0.15) is 44.9 Å². The number of hydrogen-bond acceptors (Lipinski definition) is 2. The maximum Gasteiger partial charge on any atom is 0.0369 e. The van der Waals surface area contributed by atoms with E-state index in [0.717, 1.165) is 6.42 Å². The van der Waals surface area contributed by atoms with Gasteiger partial charge in [0.2, 0.25) is 0 Å². The lowest BCUT2D eigenvalue weighted by Gasteiger charge is -2.43. The molecule has 0 radical (unpaired) electrons. The van der Waals surface area contributed by atoms with Crippen molar-refractivity contribution in [1.29, 1.82) is 0 Å². The van der Waals surface area contributed by atoms with E-state index < -0.39 is 0 Å². The van der Waals surface area contributed by atoms with Gasteiger partial charge < -0.3 is 5.73 Å². The fourth-order valence-electron chi connectivity index (χ4n) is 3.39. The summed E-state index contributed by atoms with van der Waals surface area (Å²) in [5, 5.41) is 0. The highest BCUT2D eigenvalue weighted by Crippen LogP contribution is 2.40. The summed E-state index contributed by atoms with van der Waals surface area (Å²) in [4.78, 5) is 2.63. The molecule has 1 aliphatic carbocycles. The first-order valence-corrected chi connectivity index (χ1v) is 6.24. The molecule has 0 spiro atoms. The van der Waals surface area contributed by atoms with Crippen molar-refractivity contribution in [2.75, 3.05) is 13.1 Å². The molecule has 2 nitrogen and oxygen atoms in total. The molecule has 2 fully saturated rings. The van der Waals surface area contributed by atoms with Crippen molar-refractivity contribution in [3.05, 3.63) is 0 Å². The highest BCUT2D eigenvalue weighted by molar-refractivity contribution is 5.07. The molecule has 0 aromatic carbocycles. The van der Waals surface area contributed by atoms with E-state index in [-0.39, 0.29) is 11.6 Å². The van der Waals surface area contributed by atoms with E-state index in [2.05, 4.69) is 10.8 Å². The first-order valence-electron chi connectivity index (χ1n) is 6.24. The molecule has 0 aromatic rings. The average Bonchev–Trinajstić information content (AvgIpc) is 2.90. The molecule has 1 aliphatic heterocycles. The van der Waals surface area contributed by atoms with Crippen molar-refractivity contribution >= 4 is 0 Å². The normalized spacial score (nSPS) is 27.7. The summed E-state index contributed by atoms with van der Waals surface area (Å²) < 4.78 is 0. The molecule has 15 heavy (non-hydrogen) atoms. The van der Waals surface area contributed by atoms with Gasteiger partial charge in [-0.2, -0.15) is 0 Å². The molecule has 84 valence electrons. The van der Waals surface area contributed by atoms with Crippen molar-refractivity contribution in [3.63, 3.8) is 0 Å². The lowest BCUT2D eigenvalue weighted by molar-refractivity contribution is 0.0939. The highest BCUT2D eigenvalue weighted by atomic mass is 15.2. The third-order valence-corrected chi connectivity index (χ3v) is 4.23. The quantitative estimate of drug-likeness (QED) is 0.713. The van der Waals surface area contributed by atoms with Crippen LogP contribution in [0, 0.1) is 12.3 Å². The maximum absolute atomic E-state index is 6.32. The van der Waals surface area contributed by atoms with E-state index in [4.69, 9.17) is 12.2 Å². The summed E-state index contributed by atoms with van der Waals surface area (Å²) >= 11 is 0. The van der Waals surface area contributed by atoms with Crippen molar-refractivity contribution < 1.29 is 0 Å². The highest BCUT2D eigenvalue weighted by Gasteiger charge is 2.44. The summed E-state index contributed by atoms with van der Waals surface area (Å²) in [6, 6.07) is 0.183. The lowest BCUT2D eigenvalue weighted by atomic mass is 9.85. The van der Waals surface area contributed by atoms with E-state index in [1.807, 2.05) is 0 Å². The Morgan fingerprint density at radius 1 is 1.20 bits per heavy atom. The minimum Gasteiger partial charge on any atom is -0.325 e. The van der Waals surface area contributed by atoms with Gasteiger partial charge in [-0.25, -0.2) is 0 Å². The van der Waals surface area contributed by atoms with Gasteiger partial charge in [-0.05, 0) is 38.8 Å². The first kappa shape index (κ1) is 11.0. The van der Waals surface area contributed by atoms with Gasteiger partial charge in [-0.3, -0.25) is 4.90 Å². The Morgan fingerprint density at radius 3 is 2.33 bits per heavy atom. The molecule has 0 bridgehead atoms. The predicted octanol–water partition coefficient (Wildman–Crippen LogP) is 1.75. The van der Waals surface area contributed by atoms with Crippen LogP contribution >= 0.6 is 0 Å². The molecule has 1 heterocycles. The number of nitrogens with zero attached hydrogens (tertiary/aromatic N) is 1. The van der Waals surface area contributed by atoms with Crippen LogP contribution in [0.4, 0.5) is 0 Å². The molecule has 2 aliphatic rings. The average molecular weight is 206 g/mol. The predicted molar refractivity (Wildman–Crippen MR) is 63.4 cm³/mol. The van der Waals surface area contributed by atoms with E-state index in [1.165, 1.54) is 51.6 Å². The SMILES string of the molecule is C#CCC(N)C1(N2CCCC2)CCCC1. The Kier molecular flexibility index (Phi) is 3.33. The second kappa shape index (κ2) is 4.55. The fraction of sp³-hybridized carbons (Fsp3) is 0.846. The topological polar surface area (TPSA) is 29.3 Å².